The second-order valence-electron chi connectivity index (χ2n) is 8.41. The average Bonchev–Trinajstić information content (AvgIpc) is 3.54. The Morgan fingerprint density at radius 2 is 1.75 bits per heavy atom. The van der Waals surface area contributed by atoms with Gasteiger partial charge in [-0.1, -0.05) is 36.8 Å². The molecule has 2 heterocycles. The molecule has 0 fully saturated rings. The van der Waals surface area contributed by atoms with Crippen LogP contribution in [0, 0.1) is 6.92 Å². The Labute approximate surface area is 220 Å². The van der Waals surface area contributed by atoms with Crippen LogP contribution in [-0.2, 0) is 16.6 Å². The topological polar surface area (TPSA) is 83.7 Å². The van der Waals surface area contributed by atoms with E-state index >= 15 is 0 Å². The van der Waals surface area contributed by atoms with Gasteiger partial charge in [-0.3, -0.25) is 9.69 Å². The Kier molecular flexibility index (Phi) is 8.14. The first kappa shape index (κ1) is 26.3. The number of rotatable bonds is 10. The van der Waals surface area contributed by atoms with Crippen LogP contribution in [0.4, 0.5) is 5.13 Å². The fraction of sp³-hybridized carbons (Fsp3) is 0.308. The number of aromatic nitrogens is 1. The molecule has 0 N–H and O–H groups in total. The summed E-state index contributed by atoms with van der Waals surface area (Å²) in [5.74, 6) is 0.295. The molecule has 190 valence electrons. The van der Waals surface area contributed by atoms with Crippen LogP contribution in [0.1, 0.15) is 48.4 Å². The molecule has 0 aliphatic carbocycles. The van der Waals surface area contributed by atoms with Gasteiger partial charge in [-0.15, -0.1) is 0 Å². The summed E-state index contributed by atoms with van der Waals surface area (Å²) in [5.41, 5.74) is 1.94. The van der Waals surface area contributed by atoms with E-state index in [1.54, 1.807) is 35.4 Å². The largest absolute Gasteiger partial charge is 0.467 e. The minimum Gasteiger partial charge on any atom is -0.467 e. The van der Waals surface area contributed by atoms with Gasteiger partial charge in [-0.25, -0.2) is 13.4 Å². The molecule has 4 aromatic rings. The standard InChI is InChI=1S/C26H28ClN3O4S2/c1-4-14-29(15-5-2)36(32,33)21-10-8-19(9-11-21)25(31)30(17-20-7-6-16-34-20)26-28-24-18(3)22(27)12-13-23(24)35-26/h6-13,16H,4-5,14-15,17H2,1-3H3. The van der Waals surface area contributed by atoms with Crippen molar-refractivity contribution in [3.8, 4) is 0 Å². The summed E-state index contributed by atoms with van der Waals surface area (Å²) in [7, 11) is -3.64. The molecule has 0 radical (unpaired) electrons. The summed E-state index contributed by atoms with van der Waals surface area (Å²) in [6.45, 7) is 6.88. The lowest BCUT2D eigenvalue weighted by molar-refractivity contribution is 0.0983. The lowest BCUT2D eigenvalue weighted by Crippen LogP contribution is -2.33. The number of fused-ring (bicyclic) bond motifs is 1. The minimum absolute atomic E-state index is 0.170. The maximum absolute atomic E-state index is 13.7. The van der Waals surface area contributed by atoms with Gasteiger partial charge in [-0.05, 0) is 73.9 Å². The van der Waals surface area contributed by atoms with E-state index in [2.05, 4.69) is 0 Å². The molecule has 0 saturated carbocycles. The Balaban J connectivity index is 1.68. The third-order valence-corrected chi connectivity index (χ3v) is 9.16. The van der Waals surface area contributed by atoms with Gasteiger partial charge in [0.1, 0.15) is 5.76 Å². The highest BCUT2D eigenvalue weighted by molar-refractivity contribution is 7.89. The van der Waals surface area contributed by atoms with Crippen molar-refractivity contribution < 1.29 is 17.6 Å². The highest BCUT2D eigenvalue weighted by atomic mass is 35.5. The molecule has 2 aromatic heterocycles. The van der Waals surface area contributed by atoms with Crippen LogP contribution in [0.2, 0.25) is 5.02 Å². The van der Waals surface area contributed by atoms with Crippen LogP contribution in [0.5, 0.6) is 0 Å². The van der Waals surface area contributed by atoms with E-state index in [0.29, 0.717) is 34.6 Å². The molecule has 0 aliphatic heterocycles. The van der Waals surface area contributed by atoms with Crippen molar-refractivity contribution in [1.82, 2.24) is 9.29 Å². The lowest BCUT2D eigenvalue weighted by Gasteiger charge is -2.21. The maximum Gasteiger partial charge on any atom is 0.260 e. The number of thiazole rings is 1. The number of halogens is 1. The van der Waals surface area contributed by atoms with E-state index < -0.39 is 10.0 Å². The van der Waals surface area contributed by atoms with Crippen molar-refractivity contribution in [3.63, 3.8) is 0 Å². The Bertz CT molecular complexity index is 1440. The fourth-order valence-corrected chi connectivity index (χ4v) is 6.71. The van der Waals surface area contributed by atoms with Gasteiger partial charge >= 0.3 is 0 Å². The molecule has 0 saturated heterocycles. The van der Waals surface area contributed by atoms with Crippen molar-refractivity contribution >= 4 is 54.2 Å². The third-order valence-electron chi connectivity index (χ3n) is 5.79. The minimum atomic E-state index is -3.64. The number of hydrogen-bond acceptors (Lipinski definition) is 6. The van der Waals surface area contributed by atoms with Crippen molar-refractivity contribution in [2.75, 3.05) is 18.0 Å². The van der Waals surface area contributed by atoms with E-state index in [1.165, 1.54) is 27.8 Å². The quantitative estimate of drug-likeness (QED) is 0.227. The second-order valence-corrected chi connectivity index (χ2v) is 11.8. The average molecular weight is 546 g/mol. The summed E-state index contributed by atoms with van der Waals surface area (Å²) < 4.78 is 34.1. The number of sulfonamides is 1. The van der Waals surface area contributed by atoms with Crippen molar-refractivity contribution in [3.05, 3.63) is 76.7 Å². The van der Waals surface area contributed by atoms with E-state index in [-0.39, 0.29) is 17.3 Å². The van der Waals surface area contributed by atoms with Crippen LogP contribution in [0.15, 0.2) is 64.1 Å². The fourth-order valence-electron chi connectivity index (χ4n) is 3.91. The smallest absolute Gasteiger partial charge is 0.260 e. The molecule has 36 heavy (non-hydrogen) atoms. The number of furan rings is 1. The zero-order valence-corrected chi connectivity index (χ0v) is 22.8. The molecule has 4 rings (SSSR count). The number of benzene rings is 2. The molecule has 0 spiro atoms. The first-order valence-corrected chi connectivity index (χ1v) is 14.4. The lowest BCUT2D eigenvalue weighted by atomic mass is 10.2. The normalized spacial score (nSPS) is 11.9. The highest BCUT2D eigenvalue weighted by Gasteiger charge is 2.26. The second kappa shape index (κ2) is 11.1. The molecule has 0 bridgehead atoms. The van der Waals surface area contributed by atoms with E-state index in [0.717, 1.165) is 28.6 Å². The molecular formula is C26H28ClN3O4S2. The van der Waals surface area contributed by atoms with E-state index in [4.69, 9.17) is 21.0 Å². The Hall–Kier alpha value is -2.72. The zero-order chi connectivity index (χ0) is 25.9. The van der Waals surface area contributed by atoms with Crippen molar-refractivity contribution in [1.29, 1.82) is 0 Å². The van der Waals surface area contributed by atoms with Crippen LogP contribution in [0.25, 0.3) is 10.2 Å². The molecule has 0 atom stereocenters. The predicted molar refractivity (Wildman–Crippen MR) is 144 cm³/mol. The molecule has 1 amide bonds. The highest BCUT2D eigenvalue weighted by Crippen LogP contribution is 2.35. The number of aryl methyl sites for hydroxylation is 1. The Morgan fingerprint density at radius 1 is 1.06 bits per heavy atom. The summed E-state index contributed by atoms with van der Waals surface area (Å²) in [6.07, 6.45) is 3.01. The SMILES string of the molecule is CCCN(CCC)S(=O)(=O)c1ccc(C(=O)N(Cc2ccco2)c2nc3c(C)c(Cl)ccc3s2)cc1. The monoisotopic (exact) mass is 545 g/mol. The molecule has 7 nitrogen and oxygen atoms in total. The van der Waals surface area contributed by atoms with E-state index in [1.807, 2.05) is 32.9 Å². The number of carbonyl (C=O) groups excluding carboxylic acids is 1. The van der Waals surface area contributed by atoms with Crippen LogP contribution in [0.3, 0.4) is 0 Å². The summed E-state index contributed by atoms with van der Waals surface area (Å²) >= 11 is 7.67. The van der Waals surface area contributed by atoms with Crippen molar-refractivity contribution in [2.24, 2.45) is 0 Å². The molecule has 10 heteroatoms. The van der Waals surface area contributed by atoms with Gasteiger partial charge in [0.05, 0.1) is 27.9 Å². The number of anilines is 1. The van der Waals surface area contributed by atoms with Gasteiger partial charge in [0.2, 0.25) is 10.0 Å². The molecule has 0 aliphatic rings. The first-order valence-electron chi connectivity index (χ1n) is 11.8. The van der Waals surface area contributed by atoms with Gasteiger partial charge in [0.15, 0.2) is 5.13 Å². The van der Waals surface area contributed by atoms with Crippen molar-refractivity contribution in [2.45, 2.75) is 45.1 Å². The summed E-state index contributed by atoms with van der Waals surface area (Å²) in [5, 5.41) is 1.12. The predicted octanol–water partition coefficient (Wildman–Crippen LogP) is 6.51. The van der Waals surface area contributed by atoms with Crippen LogP contribution in [-0.4, -0.2) is 36.7 Å². The summed E-state index contributed by atoms with van der Waals surface area (Å²) in [4.78, 5) is 20.1. The molecule has 2 aromatic carbocycles. The van der Waals surface area contributed by atoms with Gasteiger partial charge in [0, 0.05) is 23.7 Å². The van der Waals surface area contributed by atoms with Crippen LogP contribution >= 0.6 is 22.9 Å². The number of hydrogen-bond donors (Lipinski definition) is 0. The third kappa shape index (κ3) is 5.34. The maximum atomic E-state index is 13.7. The van der Waals surface area contributed by atoms with Gasteiger partial charge < -0.3 is 4.42 Å². The number of amides is 1. The van der Waals surface area contributed by atoms with Crippen LogP contribution < -0.4 is 4.90 Å². The van der Waals surface area contributed by atoms with E-state index in [9.17, 15) is 13.2 Å². The molecular weight excluding hydrogens is 518 g/mol. The first-order chi connectivity index (χ1) is 17.3. The number of carbonyl (C=O) groups is 1. The zero-order valence-electron chi connectivity index (χ0n) is 20.4. The number of nitrogens with zero attached hydrogens (tertiary/aromatic N) is 3. The summed E-state index contributed by atoms with van der Waals surface area (Å²) in [6, 6.07) is 13.4. The van der Waals surface area contributed by atoms with Gasteiger partial charge in [0.25, 0.3) is 5.91 Å². The molecule has 0 unspecified atom stereocenters. The Morgan fingerprint density at radius 3 is 2.36 bits per heavy atom. The van der Waals surface area contributed by atoms with Gasteiger partial charge in [-0.2, -0.15) is 4.31 Å².